The molecule has 364 valence electrons. The van der Waals surface area contributed by atoms with Gasteiger partial charge in [-0.3, -0.25) is 38.4 Å². The van der Waals surface area contributed by atoms with E-state index in [1.165, 1.54) is 17.0 Å². The van der Waals surface area contributed by atoms with Crippen LogP contribution in [0.3, 0.4) is 0 Å². The maximum absolute atomic E-state index is 14.0. The number of nitrogens with two attached hydrogens (primary N) is 1. The first-order chi connectivity index (χ1) is 32.3. The van der Waals surface area contributed by atoms with E-state index in [-0.39, 0.29) is 49.7 Å². The second-order valence-corrected chi connectivity index (χ2v) is 17.6. The van der Waals surface area contributed by atoms with Crippen LogP contribution in [0.25, 0.3) is 0 Å². The predicted molar refractivity (Wildman–Crippen MR) is 246 cm³/mol. The van der Waals surface area contributed by atoms with Crippen LogP contribution in [0.1, 0.15) is 64.0 Å². The lowest BCUT2D eigenvalue weighted by Gasteiger charge is -2.32. The molecule has 5 rings (SSSR count). The molecule has 8 N–H and O–H groups in total. The number of aliphatic hydroxyl groups is 1. The van der Waals surface area contributed by atoms with Crippen molar-refractivity contribution < 1.29 is 57.7 Å². The van der Waals surface area contributed by atoms with Gasteiger partial charge in [-0.05, 0) is 76.1 Å². The number of hydrogen-bond acceptors (Lipinski definition) is 12. The van der Waals surface area contributed by atoms with Gasteiger partial charge in [0.1, 0.15) is 29.9 Å². The lowest BCUT2D eigenvalue weighted by atomic mass is 9.99. The van der Waals surface area contributed by atoms with Crippen LogP contribution in [-0.4, -0.2) is 137 Å². The van der Waals surface area contributed by atoms with Crippen molar-refractivity contribution in [2.75, 3.05) is 32.1 Å². The highest BCUT2D eigenvalue weighted by atomic mass is 16.5. The molecule has 6 atom stereocenters. The number of likely N-dealkylation sites (tertiary alicyclic amines) is 2. The van der Waals surface area contributed by atoms with Crippen LogP contribution in [0.4, 0.5) is 5.69 Å². The molecule has 0 saturated carbocycles. The van der Waals surface area contributed by atoms with E-state index in [9.17, 15) is 48.3 Å². The van der Waals surface area contributed by atoms with Crippen molar-refractivity contribution in [3.8, 4) is 5.75 Å². The predicted octanol–water partition coefficient (Wildman–Crippen LogP) is 0.250. The summed E-state index contributed by atoms with van der Waals surface area (Å²) in [7, 11) is 1.06. The molecule has 68 heavy (non-hydrogen) atoms. The Bertz CT molecular complexity index is 2310. The summed E-state index contributed by atoms with van der Waals surface area (Å²) in [4.78, 5) is 121. The van der Waals surface area contributed by atoms with E-state index in [0.717, 1.165) is 12.0 Å². The maximum atomic E-state index is 14.0. The zero-order valence-electron chi connectivity index (χ0n) is 38.5. The molecule has 3 aromatic rings. The monoisotopic (exact) mass is 940 g/mol. The summed E-state index contributed by atoms with van der Waals surface area (Å²) in [6.07, 6.45) is -0.926. The van der Waals surface area contributed by atoms with Crippen molar-refractivity contribution in [3.05, 3.63) is 96.1 Å². The van der Waals surface area contributed by atoms with Gasteiger partial charge in [0.05, 0.1) is 25.3 Å². The Hall–Kier alpha value is -7.35. The van der Waals surface area contributed by atoms with E-state index < -0.39 is 102 Å². The number of nitrogens with one attached hydrogen (secondary N) is 5. The first kappa shape index (κ1) is 51.6. The molecule has 0 radical (unpaired) electrons. The largest absolute Gasteiger partial charge is 0.482 e. The number of carbonyl (C=O) groups is 9. The molecule has 2 saturated heterocycles. The van der Waals surface area contributed by atoms with Crippen molar-refractivity contribution in [1.29, 1.82) is 0 Å². The fourth-order valence-electron chi connectivity index (χ4n) is 8.01. The lowest BCUT2D eigenvalue weighted by molar-refractivity contribution is -0.159. The second kappa shape index (κ2) is 23.9. The van der Waals surface area contributed by atoms with Crippen molar-refractivity contribution in [1.82, 2.24) is 31.1 Å². The third-order valence-electron chi connectivity index (χ3n) is 11.2. The maximum Gasteiger partial charge on any atom is 0.396 e. The highest BCUT2D eigenvalue weighted by molar-refractivity contribution is 6.32. The molecule has 0 aliphatic carbocycles. The number of aliphatic hydroxyl groups excluding tert-OH is 1. The topological polar surface area (TPSA) is 285 Å². The number of amides is 8. The summed E-state index contributed by atoms with van der Waals surface area (Å²) in [5.74, 6) is -7.34. The number of para-hydroxylation sites is 2. The highest BCUT2D eigenvalue weighted by Crippen LogP contribution is 2.25. The number of hydrogen-bond donors (Lipinski definition) is 7. The summed E-state index contributed by atoms with van der Waals surface area (Å²) < 4.78 is 10.4. The first-order valence-electron chi connectivity index (χ1n) is 22.3. The second-order valence-electron chi connectivity index (χ2n) is 17.6. The lowest BCUT2D eigenvalue weighted by Crippen LogP contribution is -2.59. The quantitative estimate of drug-likeness (QED) is 0.0630. The van der Waals surface area contributed by atoms with Gasteiger partial charge in [-0.2, -0.15) is 0 Å². The van der Waals surface area contributed by atoms with Crippen LogP contribution in [0.5, 0.6) is 5.75 Å². The molecular weight excluding hydrogens is 881 g/mol. The normalized spacial score (nSPS) is 17.4. The Kier molecular flexibility index (Phi) is 18.1. The summed E-state index contributed by atoms with van der Waals surface area (Å²) in [6, 6.07) is 17.7. The van der Waals surface area contributed by atoms with Crippen LogP contribution in [0.15, 0.2) is 84.9 Å². The Morgan fingerprint density at radius 1 is 0.721 bits per heavy atom. The number of ether oxygens (including phenoxy) is 2. The Labute approximate surface area is 394 Å². The third-order valence-corrected chi connectivity index (χ3v) is 11.2. The minimum atomic E-state index is -1.84. The van der Waals surface area contributed by atoms with Crippen LogP contribution in [0.2, 0.25) is 0 Å². The zero-order valence-corrected chi connectivity index (χ0v) is 38.5. The van der Waals surface area contributed by atoms with Crippen LogP contribution in [-0.2, 0) is 60.7 Å². The van der Waals surface area contributed by atoms with Crippen molar-refractivity contribution >= 4 is 58.9 Å². The number of methoxy groups -OCH3 is 1. The molecule has 3 aromatic carbocycles. The standard InChI is InChI=1S/C48H60N8O12/c1-48(2,3)54-44(63)36-21-14-23-55(36)45(64)40(59)32(25-29-15-7-5-8-16-29)52-42(61)34(27-38(49)57)50-39(58)28-68-37-22-12-11-19-31(37)51-41(60)33(26-30-17-9-6-10-18-30)53-43(62)35-20-13-24-56(35)46(65)47(66)67-4/h5-12,15-19,22,32-36,40,59H,13-14,20-21,23-28H2,1-4H3,(H2,49,57)(H,50,58)(H,51,60)(H,52,61)(H,53,62)(H,54,63)/t32-,33+,34-,35-,36-,40-/m0/s1. The number of primary amides is 1. The molecule has 0 bridgehead atoms. The molecule has 8 amide bonds. The van der Waals surface area contributed by atoms with E-state index in [4.69, 9.17) is 10.5 Å². The summed E-state index contributed by atoms with van der Waals surface area (Å²) >= 11 is 0. The SMILES string of the molecule is COC(=O)C(=O)N1CCC[C@H]1C(=O)N[C@H](Cc1ccccc1)C(=O)Nc1ccccc1OCC(=O)N[C@@H](CC(N)=O)C(=O)N[C@@H](Cc1ccccc1)[C@H](O)C(=O)N1CCC[C@H]1C(=O)NC(C)(C)C. The number of rotatable bonds is 19. The molecule has 0 unspecified atom stereocenters. The van der Waals surface area contributed by atoms with Crippen molar-refractivity contribution in [2.24, 2.45) is 5.73 Å². The fourth-order valence-corrected chi connectivity index (χ4v) is 8.01. The highest BCUT2D eigenvalue weighted by Gasteiger charge is 2.42. The third kappa shape index (κ3) is 14.6. The average molecular weight is 941 g/mol. The van der Waals surface area contributed by atoms with Gasteiger partial charge in [-0.15, -0.1) is 0 Å². The first-order valence-corrected chi connectivity index (χ1v) is 22.3. The van der Waals surface area contributed by atoms with E-state index in [2.05, 4.69) is 31.3 Å². The number of benzene rings is 3. The van der Waals surface area contributed by atoms with Gasteiger partial charge >= 0.3 is 11.9 Å². The molecule has 20 heteroatoms. The molecule has 2 heterocycles. The summed E-state index contributed by atoms with van der Waals surface area (Å²) in [6.45, 7) is 5.04. The molecular formula is C48H60N8O12. The van der Waals surface area contributed by atoms with Crippen molar-refractivity contribution in [3.63, 3.8) is 0 Å². The van der Waals surface area contributed by atoms with Gasteiger partial charge < -0.3 is 56.7 Å². The van der Waals surface area contributed by atoms with Gasteiger partial charge in [0.15, 0.2) is 12.7 Å². The number of nitrogens with zero attached hydrogens (tertiary/aromatic N) is 2. The van der Waals surface area contributed by atoms with Gasteiger partial charge in [0.2, 0.25) is 29.5 Å². The number of carbonyl (C=O) groups excluding carboxylic acids is 9. The van der Waals surface area contributed by atoms with Gasteiger partial charge in [-0.1, -0.05) is 72.8 Å². The smallest absolute Gasteiger partial charge is 0.396 e. The molecule has 0 spiro atoms. The minimum Gasteiger partial charge on any atom is -0.482 e. The number of esters is 1. The van der Waals surface area contributed by atoms with E-state index >= 15 is 0 Å². The zero-order chi connectivity index (χ0) is 49.5. The van der Waals surface area contributed by atoms with Crippen LogP contribution in [0, 0.1) is 0 Å². The molecule has 20 nitrogen and oxygen atoms in total. The average Bonchev–Trinajstić information content (AvgIpc) is 4.01. The van der Waals surface area contributed by atoms with Gasteiger partial charge in [0, 0.05) is 25.0 Å². The molecule has 2 aliphatic heterocycles. The molecule has 2 aliphatic rings. The van der Waals surface area contributed by atoms with Crippen LogP contribution >= 0.6 is 0 Å². The van der Waals surface area contributed by atoms with Gasteiger partial charge in [-0.25, -0.2) is 4.79 Å². The van der Waals surface area contributed by atoms with Crippen LogP contribution < -0.4 is 37.1 Å². The Morgan fingerprint density at radius 3 is 1.90 bits per heavy atom. The Balaban J connectivity index is 1.27. The van der Waals surface area contributed by atoms with E-state index in [0.29, 0.717) is 30.4 Å². The number of anilines is 1. The molecule has 2 fully saturated rings. The minimum absolute atomic E-state index is 0.0169. The molecule has 0 aromatic heterocycles. The fraction of sp³-hybridized carbons (Fsp3) is 0.438. The summed E-state index contributed by atoms with van der Waals surface area (Å²) in [5, 5.41) is 24.9. The van der Waals surface area contributed by atoms with Crippen molar-refractivity contribution in [2.45, 2.75) is 108 Å². The van der Waals surface area contributed by atoms with E-state index in [1.54, 1.807) is 72.8 Å². The Morgan fingerprint density at radius 2 is 1.29 bits per heavy atom. The van der Waals surface area contributed by atoms with Gasteiger partial charge in [0.25, 0.3) is 11.8 Å². The summed E-state index contributed by atoms with van der Waals surface area (Å²) in [5.41, 5.74) is 6.36. The van der Waals surface area contributed by atoms with E-state index in [1.807, 2.05) is 20.8 Å².